The van der Waals surface area contributed by atoms with Crippen molar-refractivity contribution in [3.05, 3.63) is 69.7 Å². The molecule has 13 heteroatoms. The number of sulfone groups is 1. The second-order valence-electron chi connectivity index (χ2n) is 10.4. The van der Waals surface area contributed by atoms with Crippen molar-refractivity contribution >= 4 is 44.9 Å². The summed E-state index contributed by atoms with van der Waals surface area (Å²) in [6.45, 7) is 4.11. The molecule has 39 heavy (non-hydrogen) atoms. The molecule has 1 aliphatic heterocycles. The molecule has 2 aromatic carbocycles. The molecule has 1 saturated heterocycles. The summed E-state index contributed by atoms with van der Waals surface area (Å²) in [6.07, 6.45) is -9.73. The Morgan fingerprint density at radius 3 is 2.18 bits per heavy atom. The summed E-state index contributed by atoms with van der Waals surface area (Å²) in [5.74, 6) is -2.87. The van der Waals surface area contributed by atoms with Crippen molar-refractivity contribution in [2.75, 3.05) is 5.75 Å². The van der Waals surface area contributed by atoms with Gasteiger partial charge in [-0.3, -0.25) is 9.59 Å². The van der Waals surface area contributed by atoms with Gasteiger partial charge in [0.1, 0.15) is 12.2 Å². The molecule has 7 nitrogen and oxygen atoms in total. The maximum atomic E-state index is 13.9. The molecule has 0 aliphatic carbocycles. The monoisotopic (exact) mass is 608 g/mol. The molecule has 0 aromatic heterocycles. The summed E-state index contributed by atoms with van der Waals surface area (Å²) in [5, 5.41) is 0.629. The van der Waals surface area contributed by atoms with E-state index in [0.29, 0.717) is 21.2 Å². The summed E-state index contributed by atoms with van der Waals surface area (Å²) in [5.41, 5.74) is 6.08. The largest absolute Gasteiger partial charge is 0.391 e. The van der Waals surface area contributed by atoms with Crippen molar-refractivity contribution in [2.45, 2.75) is 68.8 Å². The maximum Gasteiger partial charge on any atom is 0.391 e. The molecular weight excluding hydrogens is 580 g/mol. The number of morpholine rings is 1. The normalized spacial score (nSPS) is 21.6. The van der Waals surface area contributed by atoms with Gasteiger partial charge in [-0.15, -0.1) is 0 Å². The highest BCUT2D eigenvalue weighted by Crippen LogP contribution is 2.46. The van der Waals surface area contributed by atoms with Crippen molar-refractivity contribution in [2.24, 2.45) is 5.73 Å². The highest BCUT2D eigenvalue weighted by molar-refractivity contribution is 7.92. The summed E-state index contributed by atoms with van der Waals surface area (Å²) in [4.78, 5) is 26.5. The number of halogens is 5. The predicted molar refractivity (Wildman–Crippen MR) is 142 cm³/mol. The van der Waals surface area contributed by atoms with Gasteiger partial charge in [0.15, 0.2) is 9.84 Å². The smallest absolute Gasteiger partial charge is 0.370 e. The van der Waals surface area contributed by atoms with E-state index in [0.717, 1.165) is 4.90 Å². The SMILES string of the molecule is CC(C)(C)S(=O)(=O)CC(CC(F)(F)F)N1C(=O)C(CC(N)=O)OC(c2cccc(Cl)c2)C1c1ccc(Cl)cc1. The molecule has 0 spiro atoms. The van der Waals surface area contributed by atoms with Gasteiger partial charge in [-0.25, -0.2) is 8.42 Å². The van der Waals surface area contributed by atoms with Crippen LogP contribution in [0.5, 0.6) is 0 Å². The van der Waals surface area contributed by atoms with E-state index in [1.807, 2.05) is 0 Å². The number of primary amides is 1. The van der Waals surface area contributed by atoms with Crippen LogP contribution in [0.2, 0.25) is 10.0 Å². The third kappa shape index (κ3) is 7.65. The minimum absolute atomic E-state index is 0.294. The first-order valence-electron chi connectivity index (χ1n) is 12.0. The topological polar surface area (TPSA) is 107 Å². The number of amides is 2. The van der Waals surface area contributed by atoms with Gasteiger partial charge in [0.2, 0.25) is 5.91 Å². The van der Waals surface area contributed by atoms with Crippen LogP contribution in [-0.2, 0) is 24.2 Å². The average Bonchev–Trinajstić information content (AvgIpc) is 2.78. The van der Waals surface area contributed by atoms with Crippen LogP contribution in [0.15, 0.2) is 48.5 Å². The lowest BCUT2D eigenvalue weighted by atomic mass is 9.89. The number of benzene rings is 2. The third-order valence-electron chi connectivity index (χ3n) is 6.41. The number of alkyl halides is 3. The van der Waals surface area contributed by atoms with Gasteiger partial charge in [0, 0.05) is 10.0 Å². The van der Waals surface area contributed by atoms with Gasteiger partial charge in [0.25, 0.3) is 5.91 Å². The fourth-order valence-electron chi connectivity index (χ4n) is 4.43. The Labute approximate surface area is 235 Å². The number of rotatable bonds is 8. The summed E-state index contributed by atoms with van der Waals surface area (Å²) >= 11 is 12.2. The number of nitrogens with zero attached hydrogens (tertiary/aromatic N) is 1. The number of nitrogens with two attached hydrogens (primary N) is 1. The molecule has 214 valence electrons. The quantitative estimate of drug-likeness (QED) is 0.431. The molecule has 1 heterocycles. The van der Waals surface area contributed by atoms with E-state index in [9.17, 15) is 31.2 Å². The molecular formula is C26H29Cl2F3N2O5S. The van der Waals surface area contributed by atoms with Crippen molar-refractivity contribution < 1.29 is 35.9 Å². The Bertz CT molecular complexity index is 1310. The standard InChI is InChI=1S/C26H29Cl2F3N2O5S/c1-25(2,3)39(36,37)14-19(13-26(29,30)31)33-22(15-7-9-17(27)10-8-15)23(16-5-4-6-18(28)11-16)38-20(24(33)35)12-21(32)34/h4-11,19-20,22-23H,12-14H2,1-3H3,(H2,32,34). The van der Waals surface area contributed by atoms with Gasteiger partial charge >= 0.3 is 6.18 Å². The van der Waals surface area contributed by atoms with Crippen LogP contribution in [0.25, 0.3) is 0 Å². The number of ether oxygens (including phenoxy) is 1. The van der Waals surface area contributed by atoms with Crippen LogP contribution in [-0.4, -0.2) is 54.0 Å². The zero-order valence-corrected chi connectivity index (χ0v) is 23.7. The lowest BCUT2D eigenvalue weighted by Crippen LogP contribution is -2.58. The Balaban J connectivity index is 2.29. The minimum Gasteiger partial charge on any atom is -0.370 e. The van der Waals surface area contributed by atoms with Crippen LogP contribution < -0.4 is 5.73 Å². The Hall–Kier alpha value is -2.34. The third-order valence-corrected chi connectivity index (χ3v) is 9.58. The first-order valence-corrected chi connectivity index (χ1v) is 14.4. The molecule has 2 aromatic rings. The first kappa shape index (κ1) is 31.2. The van der Waals surface area contributed by atoms with Gasteiger partial charge in [-0.2, -0.15) is 13.2 Å². The van der Waals surface area contributed by atoms with Crippen LogP contribution >= 0.6 is 23.2 Å². The first-order chi connectivity index (χ1) is 17.9. The van der Waals surface area contributed by atoms with Gasteiger partial charge in [-0.1, -0.05) is 47.5 Å². The zero-order valence-electron chi connectivity index (χ0n) is 21.4. The van der Waals surface area contributed by atoms with Gasteiger partial charge in [0.05, 0.1) is 35.4 Å². The Morgan fingerprint density at radius 2 is 1.67 bits per heavy atom. The molecule has 3 rings (SSSR count). The maximum absolute atomic E-state index is 13.9. The average molecular weight is 609 g/mol. The summed E-state index contributed by atoms with van der Waals surface area (Å²) in [7, 11) is -4.15. The van der Waals surface area contributed by atoms with E-state index in [-0.39, 0.29) is 0 Å². The fraction of sp³-hybridized carbons (Fsp3) is 0.462. The molecule has 1 fully saturated rings. The fourth-order valence-corrected chi connectivity index (χ4v) is 6.04. The zero-order chi connectivity index (χ0) is 29.3. The van der Waals surface area contributed by atoms with E-state index in [2.05, 4.69) is 0 Å². The number of hydrogen-bond donors (Lipinski definition) is 1. The summed E-state index contributed by atoms with van der Waals surface area (Å²) in [6, 6.07) is 9.27. The van der Waals surface area contributed by atoms with E-state index < -0.39 is 75.5 Å². The Kier molecular flexibility index (Phi) is 9.31. The van der Waals surface area contributed by atoms with E-state index in [1.165, 1.54) is 51.1 Å². The second kappa shape index (κ2) is 11.6. The lowest BCUT2D eigenvalue weighted by Gasteiger charge is -2.48. The predicted octanol–water partition coefficient (Wildman–Crippen LogP) is 5.41. The van der Waals surface area contributed by atoms with E-state index >= 15 is 0 Å². The molecule has 4 unspecified atom stereocenters. The molecule has 0 radical (unpaired) electrons. The highest BCUT2D eigenvalue weighted by Gasteiger charge is 2.51. The van der Waals surface area contributed by atoms with E-state index in [4.69, 9.17) is 33.7 Å². The van der Waals surface area contributed by atoms with Crippen molar-refractivity contribution in [3.63, 3.8) is 0 Å². The molecule has 1 aliphatic rings. The molecule has 2 amide bonds. The minimum atomic E-state index is -4.83. The van der Waals surface area contributed by atoms with Crippen LogP contribution in [0.3, 0.4) is 0 Å². The molecule has 4 atom stereocenters. The van der Waals surface area contributed by atoms with Crippen LogP contribution in [0, 0.1) is 0 Å². The number of carbonyl (C=O) groups is 2. The van der Waals surface area contributed by atoms with Crippen molar-refractivity contribution in [1.29, 1.82) is 0 Å². The van der Waals surface area contributed by atoms with Crippen molar-refractivity contribution in [3.8, 4) is 0 Å². The molecule has 0 saturated carbocycles. The second-order valence-corrected chi connectivity index (χ2v) is 14.0. The highest BCUT2D eigenvalue weighted by atomic mass is 35.5. The molecule has 2 N–H and O–H groups in total. The Morgan fingerprint density at radius 1 is 1.05 bits per heavy atom. The van der Waals surface area contributed by atoms with Crippen LogP contribution in [0.1, 0.15) is 56.9 Å². The van der Waals surface area contributed by atoms with Gasteiger partial charge < -0.3 is 15.4 Å². The summed E-state index contributed by atoms with van der Waals surface area (Å²) < 4.78 is 72.9. The number of hydrogen-bond acceptors (Lipinski definition) is 5. The number of carbonyl (C=O) groups excluding carboxylic acids is 2. The van der Waals surface area contributed by atoms with E-state index in [1.54, 1.807) is 18.2 Å². The van der Waals surface area contributed by atoms with Crippen molar-refractivity contribution in [1.82, 2.24) is 4.90 Å². The molecule has 0 bridgehead atoms. The van der Waals surface area contributed by atoms with Gasteiger partial charge in [-0.05, 0) is 56.2 Å². The lowest BCUT2D eigenvalue weighted by molar-refractivity contribution is -0.190. The van der Waals surface area contributed by atoms with Crippen LogP contribution in [0.4, 0.5) is 13.2 Å².